The Morgan fingerprint density at radius 1 is 1.29 bits per heavy atom. The minimum absolute atomic E-state index is 0.233. The third-order valence-electron chi connectivity index (χ3n) is 2.73. The first-order valence-electron chi connectivity index (χ1n) is 6.39. The lowest BCUT2D eigenvalue weighted by atomic mass is 10.0. The van der Waals surface area contributed by atoms with Crippen molar-refractivity contribution in [1.29, 1.82) is 0 Å². The highest BCUT2D eigenvalue weighted by Crippen LogP contribution is 2.26. The van der Waals surface area contributed by atoms with Gasteiger partial charge in [-0.15, -0.1) is 0 Å². The molecule has 0 spiro atoms. The normalized spacial score (nSPS) is 12.4. The highest BCUT2D eigenvalue weighted by atomic mass is 16.5. The zero-order chi connectivity index (χ0) is 12.5. The van der Waals surface area contributed by atoms with Gasteiger partial charge in [0.25, 0.3) is 0 Å². The first kappa shape index (κ1) is 14.0. The molecule has 17 heavy (non-hydrogen) atoms. The molecule has 0 saturated carbocycles. The van der Waals surface area contributed by atoms with Gasteiger partial charge in [0.2, 0.25) is 0 Å². The van der Waals surface area contributed by atoms with E-state index in [0.29, 0.717) is 12.6 Å². The maximum Gasteiger partial charge on any atom is 0.124 e. The number of benzene rings is 1. The van der Waals surface area contributed by atoms with Gasteiger partial charge in [-0.2, -0.15) is 0 Å². The summed E-state index contributed by atoms with van der Waals surface area (Å²) in [7, 11) is 0. The van der Waals surface area contributed by atoms with E-state index in [2.05, 4.69) is 18.3 Å². The van der Waals surface area contributed by atoms with Crippen LogP contribution >= 0.6 is 0 Å². The summed E-state index contributed by atoms with van der Waals surface area (Å²) in [5.74, 6) is 0.957. The van der Waals surface area contributed by atoms with Gasteiger partial charge < -0.3 is 15.2 Å². The van der Waals surface area contributed by atoms with Crippen LogP contribution in [0.2, 0.25) is 0 Å². The molecule has 0 radical (unpaired) electrons. The molecule has 1 aromatic rings. The molecule has 0 aromatic heterocycles. The molecule has 0 fully saturated rings. The average molecular weight is 237 g/mol. The number of aliphatic hydroxyl groups excluding tert-OH is 1. The van der Waals surface area contributed by atoms with Gasteiger partial charge in [0.1, 0.15) is 5.75 Å². The van der Waals surface area contributed by atoms with E-state index in [4.69, 9.17) is 9.84 Å². The van der Waals surface area contributed by atoms with Crippen molar-refractivity contribution in [3.05, 3.63) is 29.8 Å². The van der Waals surface area contributed by atoms with Gasteiger partial charge in [0.05, 0.1) is 6.61 Å². The van der Waals surface area contributed by atoms with Gasteiger partial charge in [-0.05, 0) is 32.4 Å². The summed E-state index contributed by atoms with van der Waals surface area (Å²) < 4.78 is 5.64. The van der Waals surface area contributed by atoms with Crippen LogP contribution in [0.15, 0.2) is 24.3 Å². The molecule has 1 aromatic carbocycles. The molecule has 0 aliphatic heterocycles. The van der Waals surface area contributed by atoms with E-state index < -0.39 is 0 Å². The van der Waals surface area contributed by atoms with Crippen molar-refractivity contribution in [2.75, 3.05) is 19.8 Å². The largest absolute Gasteiger partial charge is 0.494 e. The van der Waals surface area contributed by atoms with E-state index in [-0.39, 0.29) is 6.61 Å². The van der Waals surface area contributed by atoms with E-state index in [9.17, 15) is 0 Å². The van der Waals surface area contributed by atoms with Crippen LogP contribution in [0.1, 0.15) is 38.3 Å². The Morgan fingerprint density at radius 3 is 2.71 bits per heavy atom. The Kier molecular flexibility index (Phi) is 6.67. The van der Waals surface area contributed by atoms with Crippen LogP contribution in [0.3, 0.4) is 0 Å². The number of ether oxygens (including phenoxy) is 1. The smallest absolute Gasteiger partial charge is 0.124 e. The van der Waals surface area contributed by atoms with Gasteiger partial charge in [-0.1, -0.05) is 25.1 Å². The molecule has 2 N–H and O–H groups in total. The molecule has 3 nitrogen and oxygen atoms in total. The Bertz CT molecular complexity index is 315. The fourth-order valence-electron chi connectivity index (χ4n) is 1.88. The van der Waals surface area contributed by atoms with Crippen LogP contribution in [0.4, 0.5) is 0 Å². The number of hydrogen-bond donors (Lipinski definition) is 2. The summed E-state index contributed by atoms with van der Waals surface area (Å²) >= 11 is 0. The summed E-state index contributed by atoms with van der Waals surface area (Å²) in [6.07, 6.45) is 1.79. The van der Waals surface area contributed by atoms with Crippen LogP contribution in [-0.2, 0) is 0 Å². The van der Waals surface area contributed by atoms with Crippen molar-refractivity contribution in [3.63, 3.8) is 0 Å². The summed E-state index contributed by atoms with van der Waals surface area (Å²) in [5.41, 5.74) is 1.20. The third kappa shape index (κ3) is 4.36. The molecular weight excluding hydrogens is 214 g/mol. The van der Waals surface area contributed by atoms with Crippen LogP contribution < -0.4 is 10.1 Å². The zero-order valence-electron chi connectivity index (χ0n) is 10.8. The summed E-state index contributed by atoms with van der Waals surface area (Å²) in [4.78, 5) is 0. The molecule has 1 unspecified atom stereocenters. The molecule has 0 saturated heterocycles. The summed E-state index contributed by atoms with van der Waals surface area (Å²) in [6, 6.07) is 8.44. The van der Waals surface area contributed by atoms with E-state index in [1.807, 2.05) is 25.1 Å². The second kappa shape index (κ2) is 8.09. The molecule has 0 heterocycles. The summed E-state index contributed by atoms with van der Waals surface area (Å²) in [6.45, 7) is 5.90. The Hall–Kier alpha value is -1.06. The molecule has 1 atom stereocenters. The third-order valence-corrected chi connectivity index (χ3v) is 2.73. The topological polar surface area (TPSA) is 41.5 Å². The van der Waals surface area contributed by atoms with Gasteiger partial charge in [-0.25, -0.2) is 0 Å². The van der Waals surface area contributed by atoms with Crippen molar-refractivity contribution in [1.82, 2.24) is 5.32 Å². The van der Waals surface area contributed by atoms with Crippen LogP contribution in [0.25, 0.3) is 0 Å². The molecule has 0 aliphatic rings. The fourth-order valence-corrected chi connectivity index (χ4v) is 1.88. The summed E-state index contributed by atoms with van der Waals surface area (Å²) in [5, 5.41) is 12.2. The second-order valence-corrected chi connectivity index (χ2v) is 3.96. The zero-order valence-corrected chi connectivity index (χ0v) is 10.8. The molecule has 0 amide bonds. The van der Waals surface area contributed by atoms with E-state index >= 15 is 0 Å². The van der Waals surface area contributed by atoms with Crippen molar-refractivity contribution < 1.29 is 9.84 Å². The minimum atomic E-state index is 0.233. The van der Waals surface area contributed by atoms with Gasteiger partial charge >= 0.3 is 0 Å². The monoisotopic (exact) mass is 237 g/mol. The number of nitrogens with one attached hydrogen (secondary N) is 1. The minimum Gasteiger partial charge on any atom is -0.494 e. The Balaban J connectivity index is 2.72. The van der Waals surface area contributed by atoms with Gasteiger partial charge in [0, 0.05) is 18.2 Å². The Morgan fingerprint density at radius 2 is 2.06 bits per heavy atom. The first-order valence-corrected chi connectivity index (χ1v) is 6.39. The highest BCUT2D eigenvalue weighted by molar-refractivity contribution is 5.35. The second-order valence-electron chi connectivity index (χ2n) is 3.96. The van der Waals surface area contributed by atoms with Gasteiger partial charge in [-0.3, -0.25) is 0 Å². The lowest BCUT2D eigenvalue weighted by Crippen LogP contribution is -2.23. The molecule has 0 aliphatic carbocycles. The van der Waals surface area contributed by atoms with Crippen molar-refractivity contribution in [2.24, 2.45) is 0 Å². The predicted molar refractivity (Wildman–Crippen MR) is 70.3 cm³/mol. The maximum absolute atomic E-state index is 8.80. The molecule has 1 rings (SSSR count). The first-order chi connectivity index (χ1) is 8.33. The number of aliphatic hydroxyl groups is 1. The predicted octanol–water partition coefficient (Wildman–Crippen LogP) is 2.51. The quantitative estimate of drug-likeness (QED) is 0.683. The van der Waals surface area contributed by atoms with Gasteiger partial charge in [0.15, 0.2) is 0 Å². The average Bonchev–Trinajstić information content (AvgIpc) is 2.36. The lowest BCUT2D eigenvalue weighted by Gasteiger charge is -2.20. The number of hydrogen-bond acceptors (Lipinski definition) is 3. The van der Waals surface area contributed by atoms with Crippen molar-refractivity contribution in [2.45, 2.75) is 32.7 Å². The number of para-hydroxylation sites is 1. The standard InChI is InChI=1S/C14H23NO2/c1-3-13(15-10-7-11-16)12-8-5-6-9-14(12)17-4-2/h5-6,8-9,13,15-16H,3-4,7,10-11H2,1-2H3. The van der Waals surface area contributed by atoms with E-state index in [1.54, 1.807) is 0 Å². The molecular formula is C14H23NO2. The molecule has 0 bridgehead atoms. The maximum atomic E-state index is 8.80. The van der Waals surface area contributed by atoms with Crippen LogP contribution in [0, 0.1) is 0 Å². The highest BCUT2D eigenvalue weighted by Gasteiger charge is 2.12. The number of rotatable bonds is 8. The van der Waals surface area contributed by atoms with E-state index in [0.717, 1.165) is 25.1 Å². The molecule has 3 heteroatoms. The fraction of sp³-hybridized carbons (Fsp3) is 0.571. The molecule has 96 valence electrons. The van der Waals surface area contributed by atoms with Crippen molar-refractivity contribution in [3.8, 4) is 5.75 Å². The Labute approximate surface area is 104 Å². The van der Waals surface area contributed by atoms with Crippen LogP contribution in [-0.4, -0.2) is 24.9 Å². The van der Waals surface area contributed by atoms with E-state index in [1.165, 1.54) is 5.56 Å². The lowest BCUT2D eigenvalue weighted by molar-refractivity contribution is 0.282. The SMILES string of the molecule is CCOc1ccccc1C(CC)NCCCO. The van der Waals surface area contributed by atoms with Crippen LogP contribution in [0.5, 0.6) is 5.75 Å². The van der Waals surface area contributed by atoms with Crippen molar-refractivity contribution >= 4 is 0 Å².